The second kappa shape index (κ2) is 11.4. The number of benzene rings is 1. The monoisotopic (exact) mass is 565 g/mol. The molecule has 0 aliphatic carbocycles. The first-order chi connectivity index (χ1) is 11.2. The number of esters is 1. The van der Waals surface area contributed by atoms with Crippen LogP contribution in [0.3, 0.4) is 0 Å². The molecule has 2 aromatic rings. The van der Waals surface area contributed by atoms with Crippen molar-refractivity contribution in [1.82, 2.24) is 0 Å². The summed E-state index contributed by atoms with van der Waals surface area (Å²) in [4.78, 5) is 11.3. The average molecular weight is 565 g/mol. The fourth-order valence-electron chi connectivity index (χ4n) is 2.42. The number of aliphatic hydroxyl groups is 1. The van der Waals surface area contributed by atoms with Gasteiger partial charge >= 0.3 is 5.97 Å². The second-order valence-electron chi connectivity index (χ2n) is 5.07. The van der Waals surface area contributed by atoms with Crippen molar-refractivity contribution in [2.45, 2.75) is 19.3 Å². The minimum Gasteiger partial charge on any atom is -0.478 e. The van der Waals surface area contributed by atoms with Crippen molar-refractivity contribution in [3.05, 3.63) is 29.5 Å². The minimum atomic E-state index is -0.434. The predicted octanol–water partition coefficient (Wildman–Crippen LogP) is 2.82. The smallest absolute Gasteiger partial charge is 0.343 e. The Morgan fingerprint density at radius 2 is 2.12 bits per heavy atom. The van der Waals surface area contributed by atoms with E-state index in [1.807, 2.05) is 12.1 Å². The predicted molar refractivity (Wildman–Crippen MR) is 91.2 cm³/mol. The van der Waals surface area contributed by atoms with Crippen molar-refractivity contribution in [2.75, 3.05) is 32.3 Å². The van der Waals surface area contributed by atoms with E-state index in [2.05, 4.69) is 11.0 Å². The van der Waals surface area contributed by atoms with E-state index >= 15 is 0 Å². The first-order valence-electron chi connectivity index (χ1n) is 7.54. The first kappa shape index (κ1) is 21.8. The van der Waals surface area contributed by atoms with Crippen LogP contribution in [0.1, 0.15) is 17.7 Å². The van der Waals surface area contributed by atoms with Gasteiger partial charge < -0.3 is 19.0 Å². The number of aryl methyl sites for hydroxylation is 2. The number of carbonyl (C=O) groups is 1. The van der Waals surface area contributed by atoms with Gasteiger partial charge in [-0.25, -0.2) is 4.79 Å². The minimum absolute atomic E-state index is 0. The van der Waals surface area contributed by atoms with Gasteiger partial charge in [0.25, 0.3) is 0 Å². The summed E-state index contributed by atoms with van der Waals surface area (Å²) < 4.78 is 16.1. The van der Waals surface area contributed by atoms with E-state index in [0.717, 1.165) is 28.9 Å². The van der Waals surface area contributed by atoms with Crippen molar-refractivity contribution >= 4 is 28.7 Å². The van der Waals surface area contributed by atoms with Gasteiger partial charge in [-0.1, -0.05) is 12.1 Å². The maximum absolute atomic E-state index is 11.3. The standard InChI is InChI=1S/C17H22O5S.Ac/c1-20-16(19)11-21-15-6-3-5-13-12(8-10-23-2)14(7-4-9-18)22-17(13)15;/h3,5-6,18H,4,7-11H2,1-2H3;. The molecule has 1 N–H and O–H groups in total. The molecular formula is C17H22AcO5S. The quantitative estimate of drug-likeness (QED) is 0.472. The normalized spacial score (nSPS) is 10.5. The average Bonchev–Trinajstić information content (AvgIpc) is 2.93. The van der Waals surface area contributed by atoms with Crippen LogP contribution in [0, 0.1) is 44.1 Å². The molecule has 0 spiro atoms. The number of aliphatic hydroxyl groups excluding tert-OH is 1. The van der Waals surface area contributed by atoms with E-state index in [-0.39, 0.29) is 57.3 Å². The zero-order valence-electron chi connectivity index (χ0n) is 14.0. The third-order valence-electron chi connectivity index (χ3n) is 3.56. The molecule has 1 heterocycles. The van der Waals surface area contributed by atoms with Crippen LogP contribution in [0.5, 0.6) is 5.75 Å². The number of para-hydroxylation sites is 1. The molecular weight excluding hydrogens is 543 g/mol. The van der Waals surface area contributed by atoms with E-state index in [1.165, 1.54) is 7.11 Å². The van der Waals surface area contributed by atoms with Crippen molar-refractivity contribution < 1.29 is 67.9 Å². The molecule has 7 heteroatoms. The molecule has 2 rings (SSSR count). The van der Waals surface area contributed by atoms with Gasteiger partial charge in [-0.3, -0.25) is 0 Å². The molecule has 0 fully saturated rings. The summed E-state index contributed by atoms with van der Waals surface area (Å²) >= 11 is 1.78. The number of rotatable bonds is 9. The molecule has 0 saturated heterocycles. The van der Waals surface area contributed by atoms with Crippen LogP contribution in [0.15, 0.2) is 22.6 Å². The van der Waals surface area contributed by atoms with Gasteiger partial charge in [0.2, 0.25) is 0 Å². The number of furan rings is 1. The van der Waals surface area contributed by atoms with Crippen molar-refractivity contribution in [1.29, 1.82) is 0 Å². The summed E-state index contributed by atoms with van der Waals surface area (Å²) in [5.41, 5.74) is 1.81. The van der Waals surface area contributed by atoms with Crippen molar-refractivity contribution in [3.8, 4) is 5.75 Å². The Balaban J connectivity index is 0.00000288. The van der Waals surface area contributed by atoms with Crippen LogP contribution in [0.2, 0.25) is 0 Å². The van der Waals surface area contributed by atoms with Gasteiger partial charge in [-0.15, -0.1) is 0 Å². The number of thioether (sulfide) groups is 1. The molecule has 0 unspecified atom stereocenters. The topological polar surface area (TPSA) is 68.9 Å². The Morgan fingerprint density at radius 1 is 1.33 bits per heavy atom. The van der Waals surface area contributed by atoms with Crippen LogP contribution in [0.4, 0.5) is 0 Å². The number of hydrogen-bond acceptors (Lipinski definition) is 6. The number of ether oxygens (including phenoxy) is 2. The van der Waals surface area contributed by atoms with Crippen LogP contribution in [-0.4, -0.2) is 43.4 Å². The molecule has 1 aromatic heterocycles. The number of methoxy groups -OCH3 is 1. The molecule has 5 nitrogen and oxygen atoms in total. The van der Waals surface area contributed by atoms with E-state index in [1.54, 1.807) is 17.8 Å². The summed E-state index contributed by atoms with van der Waals surface area (Å²) in [6.07, 6.45) is 4.31. The van der Waals surface area contributed by atoms with Gasteiger partial charge in [0.1, 0.15) is 5.76 Å². The van der Waals surface area contributed by atoms with E-state index in [4.69, 9.17) is 14.3 Å². The SMILES string of the molecule is COC(=O)COc1cccc2c(CCSC)c(CCCO)oc12.[Ac]. The van der Waals surface area contributed by atoms with Gasteiger partial charge in [-0.2, -0.15) is 11.8 Å². The zero-order chi connectivity index (χ0) is 16.7. The molecule has 129 valence electrons. The maximum Gasteiger partial charge on any atom is 0.343 e. The zero-order valence-corrected chi connectivity index (χ0v) is 19.6. The molecule has 0 bridgehead atoms. The third-order valence-corrected chi connectivity index (χ3v) is 4.17. The molecule has 0 aliphatic rings. The molecule has 0 amide bonds. The van der Waals surface area contributed by atoms with Gasteiger partial charge in [-0.05, 0) is 30.9 Å². The molecule has 1 aromatic carbocycles. The van der Waals surface area contributed by atoms with E-state index in [9.17, 15) is 4.79 Å². The number of fused-ring (bicyclic) bond motifs is 1. The summed E-state index contributed by atoms with van der Waals surface area (Å²) in [6.45, 7) is -0.0207. The Bertz CT molecular complexity index is 656. The fraction of sp³-hybridized carbons (Fsp3) is 0.471. The molecule has 0 saturated carbocycles. The summed E-state index contributed by atoms with van der Waals surface area (Å²) in [5.74, 6) is 1.98. The van der Waals surface area contributed by atoms with Crippen LogP contribution < -0.4 is 4.74 Å². The number of hydrogen-bond donors (Lipinski definition) is 1. The Kier molecular flexibility index (Phi) is 10.4. The summed E-state index contributed by atoms with van der Waals surface area (Å²) in [6, 6.07) is 5.67. The molecule has 0 atom stereocenters. The van der Waals surface area contributed by atoms with Crippen molar-refractivity contribution in [3.63, 3.8) is 0 Å². The van der Waals surface area contributed by atoms with Gasteiger partial charge in [0.15, 0.2) is 17.9 Å². The number of carbonyl (C=O) groups excluding carboxylic acids is 1. The summed E-state index contributed by atoms with van der Waals surface area (Å²) in [7, 11) is 1.33. The van der Waals surface area contributed by atoms with Gasteiger partial charge in [0.05, 0.1) is 7.11 Å². The maximum atomic E-state index is 11.3. The largest absolute Gasteiger partial charge is 0.478 e. The molecule has 1 radical (unpaired) electrons. The molecule has 24 heavy (non-hydrogen) atoms. The Hall–Kier alpha value is -0.218. The Morgan fingerprint density at radius 3 is 2.79 bits per heavy atom. The van der Waals surface area contributed by atoms with Crippen molar-refractivity contribution in [2.24, 2.45) is 0 Å². The first-order valence-corrected chi connectivity index (χ1v) is 8.93. The van der Waals surface area contributed by atoms with Crippen LogP contribution in [0.25, 0.3) is 11.0 Å². The van der Waals surface area contributed by atoms with Gasteiger partial charge in [0, 0.05) is 68.0 Å². The fourth-order valence-corrected chi connectivity index (χ4v) is 2.83. The summed E-state index contributed by atoms with van der Waals surface area (Å²) in [5, 5.41) is 10.1. The second-order valence-corrected chi connectivity index (χ2v) is 6.06. The third kappa shape index (κ3) is 5.66. The van der Waals surface area contributed by atoms with E-state index in [0.29, 0.717) is 24.2 Å². The van der Waals surface area contributed by atoms with E-state index < -0.39 is 5.97 Å². The van der Waals surface area contributed by atoms with Crippen LogP contribution in [-0.2, 0) is 22.4 Å². The van der Waals surface area contributed by atoms with Crippen LogP contribution >= 0.6 is 11.8 Å². The molecule has 0 aliphatic heterocycles. The Labute approximate surface area is 182 Å².